The fourth-order valence-electron chi connectivity index (χ4n) is 0.605. The number of rotatable bonds is 1. The van der Waals surface area contributed by atoms with E-state index in [0.717, 1.165) is 0 Å². The van der Waals surface area contributed by atoms with Crippen LogP contribution in [0.3, 0.4) is 0 Å². The lowest BCUT2D eigenvalue weighted by molar-refractivity contribution is 1.19. The summed E-state index contributed by atoms with van der Waals surface area (Å²) >= 11 is 20.3. The first-order valence-electron chi connectivity index (χ1n) is 2.71. The van der Waals surface area contributed by atoms with Gasteiger partial charge in [-0.25, -0.2) is 4.98 Å². The van der Waals surface area contributed by atoms with Crippen LogP contribution in [0.5, 0.6) is 0 Å². The van der Waals surface area contributed by atoms with E-state index in [-0.39, 0.29) is 0 Å². The van der Waals surface area contributed by atoms with Crippen molar-refractivity contribution in [1.29, 1.82) is 0 Å². The first-order valence-corrected chi connectivity index (χ1v) is 4.97. The van der Waals surface area contributed by atoms with Crippen LogP contribution < -0.4 is 0 Å². The molecule has 0 aromatic carbocycles. The van der Waals surface area contributed by atoms with E-state index in [9.17, 15) is 0 Å². The van der Waals surface area contributed by atoms with E-state index in [1.54, 1.807) is 0 Å². The molecule has 1 nitrogen and oxygen atoms in total. The SMILES string of the molecule is Clc1cc(Cl)c(Cl)c(CBr)n1. The topological polar surface area (TPSA) is 12.9 Å². The zero-order valence-electron chi connectivity index (χ0n) is 5.24. The molecule has 0 bridgehead atoms. The molecule has 11 heavy (non-hydrogen) atoms. The Morgan fingerprint density at radius 1 is 1.36 bits per heavy atom. The van der Waals surface area contributed by atoms with Gasteiger partial charge in [-0.3, -0.25) is 0 Å². The summed E-state index contributed by atoms with van der Waals surface area (Å²) < 4.78 is 0. The van der Waals surface area contributed by atoms with E-state index in [0.29, 0.717) is 26.2 Å². The van der Waals surface area contributed by atoms with Crippen molar-refractivity contribution in [3.05, 3.63) is 27.0 Å². The lowest BCUT2D eigenvalue weighted by Gasteiger charge is -2.01. The van der Waals surface area contributed by atoms with Crippen LogP contribution in [-0.2, 0) is 5.33 Å². The summed E-state index contributed by atoms with van der Waals surface area (Å²) in [6.45, 7) is 0. The minimum Gasteiger partial charge on any atom is -0.239 e. The highest BCUT2D eigenvalue weighted by Crippen LogP contribution is 2.28. The van der Waals surface area contributed by atoms with Crippen molar-refractivity contribution in [1.82, 2.24) is 4.98 Å². The molecule has 60 valence electrons. The standard InChI is InChI=1S/C6H3BrCl3N/c7-2-4-6(10)3(8)1-5(9)11-4/h1H,2H2. The number of halogens is 4. The quantitative estimate of drug-likeness (QED) is 0.559. The molecule has 0 aliphatic carbocycles. The van der Waals surface area contributed by atoms with Crippen LogP contribution in [0.15, 0.2) is 6.07 Å². The van der Waals surface area contributed by atoms with E-state index >= 15 is 0 Å². The third kappa shape index (κ3) is 2.22. The number of aromatic nitrogens is 1. The normalized spacial score (nSPS) is 10.2. The molecule has 0 fully saturated rings. The van der Waals surface area contributed by atoms with Crippen LogP contribution in [0.25, 0.3) is 0 Å². The summed E-state index contributed by atoms with van der Waals surface area (Å²) in [5, 5.41) is 1.79. The van der Waals surface area contributed by atoms with Gasteiger partial charge in [0, 0.05) is 5.33 Å². The van der Waals surface area contributed by atoms with E-state index < -0.39 is 0 Å². The maximum Gasteiger partial charge on any atom is 0.130 e. The third-order valence-corrected chi connectivity index (χ3v) is 2.62. The second-order valence-electron chi connectivity index (χ2n) is 1.82. The Bertz CT molecular complexity index is 277. The Morgan fingerprint density at radius 2 is 2.00 bits per heavy atom. The molecule has 0 N–H and O–H groups in total. The van der Waals surface area contributed by atoms with E-state index in [2.05, 4.69) is 20.9 Å². The maximum absolute atomic E-state index is 5.78. The van der Waals surface area contributed by atoms with E-state index in [4.69, 9.17) is 34.8 Å². The zero-order chi connectivity index (χ0) is 8.43. The average Bonchev–Trinajstić information content (AvgIpc) is 1.96. The van der Waals surface area contributed by atoms with Crippen molar-refractivity contribution in [2.75, 3.05) is 0 Å². The minimum atomic E-state index is 0.355. The van der Waals surface area contributed by atoms with Gasteiger partial charge in [-0.1, -0.05) is 50.7 Å². The highest BCUT2D eigenvalue weighted by Gasteiger charge is 2.06. The molecule has 1 aromatic rings. The smallest absolute Gasteiger partial charge is 0.130 e. The monoisotopic (exact) mass is 273 g/mol. The van der Waals surface area contributed by atoms with Crippen LogP contribution in [0.1, 0.15) is 5.69 Å². The lowest BCUT2D eigenvalue weighted by Crippen LogP contribution is -1.87. The van der Waals surface area contributed by atoms with Gasteiger partial charge in [-0.2, -0.15) is 0 Å². The first kappa shape index (κ1) is 9.59. The maximum atomic E-state index is 5.78. The van der Waals surface area contributed by atoms with Crippen molar-refractivity contribution in [3.8, 4) is 0 Å². The molecule has 0 atom stereocenters. The highest BCUT2D eigenvalue weighted by molar-refractivity contribution is 9.08. The van der Waals surface area contributed by atoms with Gasteiger partial charge in [0.2, 0.25) is 0 Å². The molecular weight excluding hydrogens is 272 g/mol. The fourth-order valence-corrected chi connectivity index (χ4v) is 1.81. The molecule has 1 aromatic heterocycles. The molecule has 1 rings (SSSR count). The molecule has 5 heteroatoms. The summed E-state index contributed by atoms with van der Waals surface area (Å²) in [6.07, 6.45) is 0. The molecule has 0 radical (unpaired) electrons. The number of hydrogen-bond donors (Lipinski definition) is 0. The number of pyridine rings is 1. The van der Waals surface area contributed by atoms with Gasteiger partial charge in [-0.15, -0.1) is 0 Å². The van der Waals surface area contributed by atoms with Crippen LogP contribution >= 0.6 is 50.7 Å². The van der Waals surface area contributed by atoms with Gasteiger partial charge in [0.1, 0.15) is 5.15 Å². The van der Waals surface area contributed by atoms with Crippen molar-refractivity contribution in [2.45, 2.75) is 5.33 Å². The molecule has 0 aliphatic rings. The molecule has 0 amide bonds. The Kier molecular flexibility index (Phi) is 3.44. The van der Waals surface area contributed by atoms with E-state index in [1.807, 2.05) is 0 Å². The molecule has 0 saturated heterocycles. The predicted molar refractivity (Wildman–Crippen MR) is 51.9 cm³/mol. The molecular formula is C6H3BrCl3N. The van der Waals surface area contributed by atoms with Crippen LogP contribution in [-0.4, -0.2) is 4.98 Å². The van der Waals surface area contributed by atoms with Crippen LogP contribution in [0.2, 0.25) is 15.2 Å². The molecule has 0 spiro atoms. The molecule has 0 unspecified atom stereocenters. The van der Waals surface area contributed by atoms with Gasteiger partial charge >= 0.3 is 0 Å². The molecule has 1 heterocycles. The van der Waals surface area contributed by atoms with Gasteiger partial charge < -0.3 is 0 Å². The van der Waals surface area contributed by atoms with Crippen molar-refractivity contribution in [3.63, 3.8) is 0 Å². The largest absolute Gasteiger partial charge is 0.239 e. The Labute approximate surface area is 87.8 Å². The summed E-state index contributed by atoms with van der Waals surface area (Å²) in [6, 6.07) is 1.51. The van der Waals surface area contributed by atoms with Gasteiger partial charge in [-0.05, 0) is 6.07 Å². The number of nitrogens with zero attached hydrogens (tertiary/aromatic N) is 1. The summed E-state index contributed by atoms with van der Waals surface area (Å²) in [4.78, 5) is 3.95. The Morgan fingerprint density at radius 3 is 2.55 bits per heavy atom. The van der Waals surface area contributed by atoms with Crippen LogP contribution in [0, 0.1) is 0 Å². The summed E-state index contributed by atoms with van der Waals surface area (Å²) in [5.41, 5.74) is 0.657. The zero-order valence-corrected chi connectivity index (χ0v) is 9.10. The highest BCUT2D eigenvalue weighted by atomic mass is 79.9. The fraction of sp³-hybridized carbons (Fsp3) is 0.167. The lowest BCUT2D eigenvalue weighted by atomic mass is 10.4. The number of alkyl halides is 1. The van der Waals surface area contributed by atoms with Crippen molar-refractivity contribution < 1.29 is 0 Å². The Hall–Kier alpha value is 0.500. The van der Waals surface area contributed by atoms with E-state index in [1.165, 1.54) is 6.07 Å². The molecule has 0 saturated carbocycles. The second kappa shape index (κ2) is 3.94. The second-order valence-corrected chi connectivity index (χ2v) is 3.55. The predicted octanol–water partition coefficient (Wildman–Crippen LogP) is 3.94. The summed E-state index contributed by atoms with van der Waals surface area (Å²) in [7, 11) is 0. The Balaban J connectivity index is 3.24. The molecule has 0 aliphatic heterocycles. The van der Waals surface area contributed by atoms with Gasteiger partial charge in [0.15, 0.2) is 0 Å². The van der Waals surface area contributed by atoms with Gasteiger partial charge in [0.25, 0.3) is 0 Å². The number of hydrogen-bond acceptors (Lipinski definition) is 1. The van der Waals surface area contributed by atoms with Crippen molar-refractivity contribution >= 4 is 50.7 Å². The minimum absolute atomic E-state index is 0.355. The first-order chi connectivity index (χ1) is 5.15. The van der Waals surface area contributed by atoms with Crippen molar-refractivity contribution in [2.24, 2.45) is 0 Å². The van der Waals surface area contributed by atoms with Crippen LogP contribution in [0.4, 0.5) is 0 Å². The third-order valence-electron chi connectivity index (χ3n) is 1.08. The average molecular weight is 275 g/mol. The van der Waals surface area contributed by atoms with Gasteiger partial charge in [0.05, 0.1) is 15.7 Å². The summed E-state index contributed by atoms with van der Waals surface area (Å²) in [5.74, 6) is 0.